The molecule has 0 aliphatic heterocycles. The van der Waals surface area contributed by atoms with Crippen LogP contribution in [0, 0.1) is 6.92 Å². The molecule has 0 aliphatic rings. The first-order chi connectivity index (χ1) is 9.99. The normalized spacial score (nSPS) is 12.0. The van der Waals surface area contributed by atoms with E-state index in [-0.39, 0.29) is 6.61 Å². The number of rotatable bonds is 5. The third-order valence-electron chi connectivity index (χ3n) is 3.14. The van der Waals surface area contributed by atoms with Crippen LogP contribution in [0.3, 0.4) is 0 Å². The van der Waals surface area contributed by atoms with E-state index in [2.05, 4.69) is 0 Å². The highest BCUT2D eigenvalue weighted by Gasteiger charge is 2.17. The summed E-state index contributed by atoms with van der Waals surface area (Å²) in [6.45, 7) is 2.12. The molecule has 0 radical (unpaired) electrons. The van der Waals surface area contributed by atoms with Gasteiger partial charge in [-0.25, -0.2) is 0 Å². The van der Waals surface area contributed by atoms with Gasteiger partial charge in [0.1, 0.15) is 12.4 Å². The molecule has 0 spiro atoms. The number of primary amides is 1. The Kier molecular flexibility index (Phi) is 4.83. The maximum absolute atomic E-state index is 11.1. The van der Waals surface area contributed by atoms with E-state index in [0.717, 1.165) is 5.56 Å². The van der Waals surface area contributed by atoms with Crippen molar-refractivity contribution >= 4 is 17.5 Å². The van der Waals surface area contributed by atoms with Crippen molar-refractivity contribution < 1.29 is 14.6 Å². The van der Waals surface area contributed by atoms with Crippen molar-refractivity contribution in [1.29, 1.82) is 0 Å². The Bertz CT molecular complexity index is 658. The van der Waals surface area contributed by atoms with Crippen LogP contribution in [-0.2, 0) is 11.4 Å². The van der Waals surface area contributed by atoms with Crippen LogP contribution in [0.15, 0.2) is 42.5 Å². The smallest absolute Gasteiger partial charge is 0.250 e. The molecular formula is C16H16ClNO3. The molecule has 5 heteroatoms. The summed E-state index contributed by atoms with van der Waals surface area (Å²) in [4.78, 5) is 11.1. The summed E-state index contributed by atoms with van der Waals surface area (Å²) in [5.41, 5.74) is 7.21. The van der Waals surface area contributed by atoms with Gasteiger partial charge in [0.05, 0.1) is 0 Å². The maximum atomic E-state index is 11.1. The zero-order chi connectivity index (χ0) is 15.4. The second-order valence-corrected chi connectivity index (χ2v) is 5.14. The Morgan fingerprint density at radius 2 is 2.05 bits per heavy atom. The minimum Gasteiger partial charge on any atom is -0.489 e. The number of carbonyl (C=O) groups is 1. The predicted molar refractivity (Wildman–Crippen MR) is 81.1 cm³/mol. The molecule has 2 rings (SSSR count). The monoisotopic (exact) mass is 305 g/mol. The Hall–Kier alpha value is -2.04. The lowest BCUT2D eigenvalue weighted by Gasteiger charge is -2.14. The minimum atomic E-state index is -1.34. The molecule has 4 nitrogen and oxygen atoms in total. The van der Waals surface area contributed by atoms with Crippen molar-refractivity contribution in [2.24, 2.45) is 5.73 Å². The van der Waals surface area contributed by atoms with E-state index in [4.69, 9.17) is 22.1 Å². The quantitative estimate of drug-likeness (QED) is 0.892. The number of nitrogens with two attached hydrogens (primary N) is 1. The zero-order valence-corrected chi connectivity index (χ0v) is 12.3. The van der Waals surface area contributed by atoms with Gasteiger partial charge < -0.3 is 15.6 Å². The number of aliphatic hydroxyl groups is 1. The van der Waals surface area contributed by atoms with Gasteiger partial charge >= 0.3 is 0 Å². The SMILES string of the molecule is Cc1cc(Cl)ccc1OCc1ccccc1[C@@H](O)C(N)=O. The number of carbonyl (C=O) groups excluding carboxylic acids is 1. The summed E-state index contributed by atoms with van der Waals surface area (Å²) in [6.07, 6.45) is -1.34. The van der Waals surface area contributed by atoms with Crippen molar-refractivity contribution in [2.45, 2.75) is 19.6 Å². The molecular weight excluding hydrogens is 290 g/mol. The molecule has 1 amide bonds. The van der Waals surface area contributed by atoms with E-state index in [1.807, 2.05) is 13.0 Å². The van der Waals surface area contributed by atoms with E-state index in [1.54, 1.807) is 36.4 Å². The first-order valence-corrected chi connectivity index (χ1v) is 6.81. The summed E-state index contributed by atoms with van der Waals surface area (Å²) in [5, 5.41) is 10.5. The van der Waals surface area contributed by atoms with Crippen molar-refractivity contribution in [2.75, 3.05) is 0 Å². The van der Waals surface area contributed by atoms with Crippen LogP contribution >= 0.6 is 11.6 Å². The fraction of sp³-hybridized carbons (Fsp3) is 0.188. The van der Waals surface area contributed by atoms with Gasteiger partial charge in [-0.15, -0.1) is 0 Å². The minimum absolute atomic E-state index is 0.225. The Balaban J connectivity index is 2.18. The Morgan fingerprint density at radius 3 is 2.71 bits per heavy atom. The summed E-state index contributed by atoms with van der Waals surface area (Å²) < 4.78 is 5.73. The first kappa shape index (κ1) is 15.4. The molecule has 0 fully saturated rings. The highest BCUT2D eigenvalue weighted by molar-refractivity contribution is 6.30. The van der Waals surface area contributed by atoms with Crippen LogP contribution in [0.1, 0.15) is 22.8 Å². The fourth-order valence-corrected chi connectivity index (χ4v) is 2.24. The molecule has 3 N–H and O–H groups in total. The second kappa shape index (κ2) is 6.61. The molecule has 0 aliphatic carbocycles. The number of benzene rings is 2. The fourth-order valence-electron chi connectivity index (χ4n) is 2.02. The van der Waals surface area contributed by atoms with Gasteiger partial charge in [0.25, 0.3) is 5.91 Å². The van der Waals surface area contributed by atoms with Gasteiger partial charge in [-0.05, 0) is 41.8 Å². The summed E-state index contributed by atoms with van der Waals surface area (Å²) >= 11 is 5.90. The summed E-state index contributed by atoms with van der Waals surface area (Å²) in [5.74, 6) is -0.0899. The van der Waals surface area contributed by atoms with Gasteiger partial charge in [0, 0.05) is 5.02 Å². The van der Waals surface area contributed by atoms with Crippen LogP contribution in [0.5, 0.6) is 5.75 Å². The zero-order valence-electron chi connectivity index (χ0n) is 11.5. The largest absolute Gasteiger partial charge is 0.489 e. The molecule has 0 saturated heterocycles. The molecule has 2 aromatic carbocycles. The van der Waals surface area contributed by atoms with Gasteiger partial charge in [-0.3, -0.25) is 4.79 Å². The number of hydrogen-bond acceptors (Lipinski definition) is 3. The molecule has 1 atom stereocenters. The molecule has 0 bridgehead atoms. The van der Waals surface area contributed by atoms with Crippen molar-refractivity contribution in [3.8, 4) is 5.75 Å². The second-order valence-electron chi connectivity index (χ2n) is 4.70. The van der Waals surface area contributed by atoms with Crippen LogP contribution in [-0.4, -0.2) is 11.0 Å². The van der Waals surface area contributed by atoms with E-state index in [1.165, 1.54) is 0 Å². The van der Waals surface area contributed by atoms with Crippen LogP contribution in [0.4, 0.5) is 0 Å². The van der Waals surface area contributed by atoms with Crippen LogP contribution in [0.25, 0.3) is 0 Å². The lowest BCUT2D eigenvalue weighted by molar-refractivity contribution is -0.126. The van der Waals surface area contributed by atoms with E-state index < -0.39 is 12.0 Å². The third-order valence-corrected chi connectivity index (χ3v) is 3.37. The molecule has 0 unspecified atom stereocenters. The first-order valence-electron chi connectivity index (χ1n) is 6.43. The van der Waals surface area contributed by atoms with Crippen LogP contribution < -0.4 is 10.5 Å². The average Bonchev–Trinajstić information content (AvgIpc) is 2.46. The number of aliphatic hydroxyl groups excluding tert-OH is 1. The lowest BCUT2D eigenvalue weighted by atomic mass is 10.0. The number of ether oxygens (including phenoxy) is 1. The number of halogens is 1. The van der Waals surface area contributed by atoms with Crippen molar-refractivity contribution in [3.63, 3.8) is 0 Å². The van der Waals surface area contributed by atoms with Crippen molar-refractivity contribution in [3.05, 3.63) is 64.2 Å². The highest BCUT2D eigenvalue weighted by atomic mass is 35.5. The van der Waals surface area contributed by atoms with Crippen LogP contribution in [0.2, 0.25) is 5.02 Å². The number of hydrogen-bond donors (Lipinski definition) is 2. The topological polar surface area (TPSA) is 72.6 Å². The Labute approximate surface area is 128 Å². The third kappa shape index (κ3) is 3.74. The number of amides is 1. The summed E-state index contributed by atoms with van der Waals surface area (Å²) in [6, 6.07) is 12.3. The maximum Gasteiger partial charge on any atom is 0.250 e. The standard InChI is InChI=1S/C16H16ClNO3/c1-10-8-12(17)6-7-14(10)21-9-11-4-2-3-5-13(11)15(19)16(18)20/h2-8,15,19H,9H2,1H3,(H2,18,20)/t15-/m1/s1. The van der Waals surface area contributed by atoms with E-state index >= 15 is 0 Å². The van der Waals surface area contributed by atoms with E-state index in [9.17, 15) is 9.90 Å². The lowest BCUT2D eigenvalue weighted by Crippen LogP contribution is -2.22. The predicted octanol–water partition coefficient (Wildman–Crippen LogP) is 2.75. The van der Waals surface area contributed by atoms with E-state index in [0.29, 0.717) is 21.9 Å². The molecule has 21 heavy (non-hydrogen) atoms. The van der Waals surface area contributed by atoms with Crippen molar-refractivity contribution in [1.82, 2.24) is 0 Å². The average molecular weight is 306 g/mol. The molecule has 0 aromatic heterocycles. The molecule has 110 valence electrons. The highest BCUT2D eigenvalue weighted by Crippen LogP contribution is 2.24. The van der Waals surface area contributed by atoms with Gasteiger partial charge in [0.2, 0.25) is 0 Å². The number of aryl methyl sites for hydroxylation is 1. The molecule has 0 saturated carbocycles. The Morgan fingerprint density at radius 1 is 1.33 bits per heavy atom. The van der Waals surface area contributed by atoms with Gasteiger partial charge in [0.15, 0.2) is 6.10 Å². The molecule has 2 aromatic rings. The summed E-state index contributed by atoms with van der Waals surface area (Å²) in [7, 11) is 0. The van der Waals surface area contributed by atoms with Gasteiger partial charge in [-0.2, -0.15) is 0 Å². The molecule has 0 heterocycles. The van der Waals surface area contributed by atoms with Gasteiger partial charge in [-0.1, -0.05) is 35.9 Å².